The number of nitrogens with zero attached hydrogens (tertiary/aromatic N) is 5. The number of hydrogen-bond acceptors (Lipinski definition) is 4. The van der Waals surface area contributed by atoms with Gasteiger partial charge in [0.2, 0.25) is 5.91 Å². The maximum Gasteiger partial charge on any atom is 0.276 e. The van der Waals surface area contributed by atoms with Crippen LogP contribution in [-0.2, 0) is 31.1 Å². The van der Waals surface area contributed by atoms with Crippen molar-refractivity contribution in [2.75, 3.05) is 13.1 Å². The Morgan fingerprint density at radius 1 is 1.22 bits per heavy atom. The van der Waals surface area contributed by atoms with Crippen LogP contribution >= 0.6 is 0 Å². The van der Waals surface area contributed by atoms with Gasteiger partial charge in [0.25, 0.3) is 5.56 Å². The lowest BCUT2D eigenvalue weighted by Crippen LogP contribution is -2.39. The number of rotatable bonds is 4. The third-order valence-corrected chi connectivity index (χ3v) is 7.37. The number of aromatic amines is 1. The molecule has 0 bridgehead atoms. The summed E-state index contributed by atoms with van der Waals surface area (Å²) in [4.78, 5) is 32.7. The van der Waals surface area contributed by atoms with Crippen molar-refractivity contribution in [2.45, 2.75) is 71.1 Å². The molecule has 5 rings (SSSR count). The van der Waals surface area contributed by atoms with Gasteiger partial charge in [-0.25, -0.2) is 9.50 Å². The van der Waals surface area contributed by atoms with E-state index in [9.17, 15) is 9.59 Å². The van der Waals surface area contributed by atoms with Crippen LogP contribution < -0.4 is 5.56 Å². The molecule has 8 heteroatoms. The van der Waals surface area contributed by atoms with Gasteiger partial charge >= 0.3 is 0 Å². The molecule has 170 valence electrons. The fraction of sp³-hybridized carbons (Fsp3) is 0.583. The van der Waals surface area contributed by atoms with Gasteiger partial charge in [0.1, 0.15) is 0 Å². The minimum Gasteiger partial charge on any atom is -0.342 e. The highest BCUT2D eigenvalue weighted by Crippen LogP contribution is 2.28. The van der Waals surface area contributed by atoms with Gasteiger partial charge in [0.05, 0.1) is 11.4 Å². The molecule has 1 saturated heterocycles. The Labute approximate surface area is 187 Å². The van der Waals surface area contributed by atoms with Crippen molar-refractivity contribution in [1.82, 2.24) is 29.3 Å². The van der Waals surface area contributed by atoms with E-state index in [1.165, 1.54) is 5.56 Å². The molecule has 1 amide bonds. The Morgan fingerprint density at radius 2 is 2.03 bits per heavy atom. The first kappa shape index (κ1) is 21.0. The number of amides is 1. The lowest BCUT2D eigenvalue weighted by molar-refractivity contribution is -0.132. The maximum atomic E-state index is 13.0. The number of aryl methyl sites for hydroxylation is 3. The molecule has 8 nitrogen and oxygen atoms in total. The summed E-state index contributed by atoms with van der Waals surface area (Å²) in [5.41, 5.74) is 6.90. The van der Waals surface area contributed by atoms with Crippen molar-refractivity contribution < 1.29 is 4.79 Å². The monoisotopic (exact) mass is 436 g/mol. The van der Waals surface area contributed by atoms with Gasteiger partial charge in [-0.2, -0.15) is 5.10 Å². The van der Waals surface area contributed by atoms with E-state index < -0.39 is 0 Å². The Hall–Kier alpha value is -2.90. The summed E-state index contributed by atoms with van der Waals surface area (Å²) in [6.07, 6.45) is 7.07. The van der Waals surface area contributed by atoms with Crippen LogP contribution in [0.3, 0.4) is 0 Å². The van der Waals surface area contributed by atoms with Crippen LogP contribution in [0, 0.1) is 13.8 Å². The third-order valence-electron chi connectivity index (χ3n) is 7.37. The van der Waals surface area contributed by atoms with Crippen molar-refractivity contribution in [1.29, 1.82) is 0 Å². The van der Waals surface area contributed by atoms with Crippen molar-refractivity contribution in [2.24, 2.45) is 7.05 Å². The number of carbonyl (C=O) groups excluding carboxylic acids is 1. The third kappa shape index (κ3) is 3.65. The first-order chi connectivity index (χ1) is 15.4. The fourth-order valence-corrected chi connectivity index (χ4v) is 5.41. The van der Waals surface area contributed by atoms with Gasteiger partial charge in [-0.1, -0.05) is 0 Å². The van der Waals surface area contributed by atoms with E-state index in [0.717, 1.165) is 79.8 Å². The molecule has 1 atom stereocenters. The summed E-state index contributed by atoms with van der Waals surface area (Å²) in [5.74, 6) is 0.395. The van der Waals surface area contributed by atoms with Crippen LogP contribution in [0.5, 0.6) is 0 Å². The van der Waals surface area contributed by atoms with Crippen molar-refractivity contribution >= 4 is 11.6 Å². The zero-order chi connectivity index (χ0) is 22.4. The van der Waals surface area contributed by atoms with E-state index in [-0.39, 0.29) is 17.4 Å². The molecule has 1 aliphatic carbocycles. The molecule has 0 spiro atoms. The molecule has 4 heterocycles. The molecular formula is C24H32N6O2. The number of H-pyrrole nitrogens is 1. The summed E-state index contributed by atoms with van der Waals surface area (Å²) in [7, 11) is 1.94. The highest BCUT2D eigenvalue weighted by molar-refractivity contribution is 5.76. The van der Waals surface area contributed by atoms with Gasteiger partial charge in [0, 0.05) is 55.5 Å². The summed E-state index contributed by atoms with van der Waals surface area (Å²) < 4.78 is 3.49. The number of fused-ring (bicyclic) bond motifs is 2. The Balaban J connectivity index is 1.31. The van der Waals surface area contributed by atoms with Gasteiger partial charge in [-0.05, 0) is 64.4 Å². The van der Waals surface area contributed by atoms with Crippen LogP contribution in [-0.4, -0.2) is 48.3 Å². The first-order valence-corrected chi connectivity index (χ1v) is 11.8. The van der Waals surface area contributed by atoms with Crippen molar-refractivity contribution in [3.05, 3.63) is 50.3 Å². The normalized spacial score (nSPS) is 18.8. The topological polar surface area (TPSA) is 88.3 Å². The van der Waals surface area contributed by atoms with E-state index >= 15 is 0 Å². The Morgan fingerprint density at radius 3 is 2.81 bits per heavy atom. The number of aromatic nitrogens is 5. The zero-order valence-electron chi connectivity index (χ0n) is 19.3. The predicted octanol–water partition coefficient (Wildman–Crippen LogP) is 2.59. The smallest absolute Gasteiger partial charge is 0.276 e. The van der Waals surface area contributed by atoms with E-state index in [4.69, 9.17) is 4.98 Å². The molecule has 2 aliphatic rings. The van der Waals surface area contributed by atoms with Crippen LogP contribution in [0.2, 0.25) is 0 Å². The van der Waals surface area contributed by atoms with Gasteiger partial charge in [-0.15, -0.1) is 0 Å². The van der Waals surface area contributed by atoms with Crippen LogP contribution in [0.4, 0.5) is 0 Å². The summed E-state index contributed by atoms with van der Waals surface area (Å²) >= 11 is 0. The second kappa shape index (κ2) is 8.22. The van der Waals surface area contributed by atoms with Gasteiger partial charge < -0.3 is 4.90 Å². The fourth-order valence-electron chi connectivity index (χ4n) is 5.41. The predicted molar refractivity (Wildman–Crippen MR) is 122 cm³/mol. The van der Waals surface area contributed by atoms with Crippen LogP contribution in [0.15, 0.2) is 10.9 Å². The maximum absolute atomic E-state index is 13.0. The number of nitrogens with one attached hydrogen (secondary N) is 1. The number of piperidine rings is 1. The van der Waals surface area contributed by atoms with Gasteiger partial charge in [-0.3, -0.25) is 19.4 Å². The second-order valence-corrected chi connectivity index (χ2v) is 9.41. The molecule has 1 unspecified atom stereocenters. The average molecular weight is 437 g/mol. The van der Waals surface area contributed by atoms with Crippen LogP contribution in [0.25, 0.3) is 5.65 Å². The number of likely N-dealkylation sites (tertiary alicyclic amines) is 1. The molecular weight excluding hydrogens is 404 g/mol. The molecule has 32 heavy (non-hydrogen) atoms. The van der Waals surface area contributed by atoms with E-state index in [0.29, 0.717) is 18.6 Å². The van der Waals surface area contributed by atoms with E-state index in [1.807, 2.05) is 29.6 Å². The Bertz CT molecular complexity index is 1230. The molecule has 3 aromatic rings. The summed E-state index contributed by atoms with van der Waals surface area (Å²) in [5, 5.41) is 7.77. The van der Waals surface area contributed by atoms with Crippen LogP contribution in [0.1, 0.15) is 71.9 Å². The highest BCUT2D eigenvalue weighted by atomic mass is 16.2. The molecule has 1 aliphatic heterocycles. The highest BCUT2D eigenvalue weighted by Gasteiger charge is 2.27. The molecule has 0 aromatic carbocycles. The molecule has 0 saturated carbocycles. The Kier molecular flexibility index (Phi) is 5.39. The van der Waals surface area contributed by atoms with Gasteiger partial charge in [0.15, 0.2) is 5.65 Å². The largest absolute Gasteiger partial charge is 0.342 e. The van der Waals surface area contributed by atoms with E-state index in [1.54, 1.807) is 4.52 Å². The second-order valence-electron chi connectivity index (χ2n) is 9.41. The SMILES string of the molecule is Cc1nn(C)c(C)c1CCC(=O)N1CCCC(c2cc3nc4c(c(=O)n3[nH]2)CCCC4)C1. The minimum absolute atomic E-state index is 0.0434. The molecule has 0 radical (unpaired) electrons. The van der Waals surface area contributed by atoms with E-state index in [2.05, 4.69) is 17.1 Å². The quantitative estimate of drug-likeness (QED) is 0.681. The molecule has 1 fully saturated rings. The lowest BCUT2D eigenvalue weighted by Gasteiger charge is -2.32. The average Bonchev–Trinajstić information content (AvgIpc) is 3.33. The number of carbonyl (C=O) groups is 1. The lowest BCUT2D eigenvalue weighted by atomic mass is 9.94. The molecule has 3 aromatic heterocycles. The molecule has 1 N–H and O–H groups in total. The summed E-state index contributed by atoms with van der Waals surface area (Å²) in [6, 6.07) is 2.01. The standard InChI is InChI=1S/C24H32N6O2/c1-15-18(16(2)28(3)26-15)10-11-23(31)29-12-6-7-17(14-29)21-13-22-25-20-9-5-4-8-19(20)24(32)30(22)27-21/h13,17,27H,4-12,14H2,1-3H3. The van der Waals surface area contributed by atoms with Crippen molar-refractivity contribution in [3.8, 4) is 0 Å². The van der Waals surface area contributed by atoms with Crippen molar-refractivity contribution in [3.63, 3.8) is 0 Å². The zero-order valence-corrected chi connectivity index (χ0v) is 19.3. The summed E-state index contributed by atoms with van der Waals surface area (Å²) in [6.45, 7) is 5.55. The minimum atomic E-state index is 0.0434. The number of hydrogen-bond donors (Lipinski definition) is 1. The first-order valence-electron chi connectivity index (χ1n) is 11.8.